The van der Waals surface area contributed by atoms with Gasteiger partial charge in [-0.25, -0.2) is 19.0 Å². The fourth-order valence-electron chi connectivity index (χ4n) is 2.60. The van der Waals surface area contributed by atoms with E-state index in [9.17, 15) is 9.18 Å². The lowest BCUT2D eigenvalue weighted by molar-refractivity contribution is 0.102. The van der Waals surface area contributed by atoms with E-state index in [1.54, 1.807) is 6.92 Å². The van der Waals surface area contributed by atoms with Crippen LogP contribution in [0.5, 0.6) is 0 Å². The Morgan fingerprint density at radius 2 is 1.97 bits per heavy atom. The van der Waals surface area contributed by atoms with E-state index in [4.69, 9.17) is 17.3 Å². The summed E-state index contributed by atoms with van der Waals surface area (Å²) in [7, 11) is 0. The highest BCUT2D eigenvalue weighted by Gasteiger charge is 2.17. The van der Waals surface area contributed by atoms with Gasteiger partial charge in [0.05, 0.1) is 46.8 Å². The van der Waals surface area contributed by atoms with E-state index in [0.29, 0.717) is 28.6 Å². The van der Waals surface area contributed by atoms with Crippen molar-refractivity contribution in [2.24, 2.45) is 0 Å². The van der Waals surface area contributed by atoms with Crippen molar-refractivity contribution in [1.82, 2.24) is 34.7 Å². The summed E-state index contributed by atoms with van der Waals surface area (Å²) in [5.74, 6) is -0.683. The first kappa shape index (κ1) is 18.5. The average Bonchev–Trinajstić information content (AvgIpc) is 3.34. The number of carbonyl (C=O) groups excluding carboxylic acids is 1. The fraction of sp³-hybridized carbons (Fsp3) is 0.0588. The molecule has 10 nitrogen and oxygen atoms in total. The first-order valence-corrected chi connectivity index (χ1v) is 8.62. The van der Waals surface area contributed by atoms with Crippen molar-refractivity contribution in [3.8, 4) is 11.6 Å². The van der Waals surface area contributed by atoms with E-state index in [0.717, 1.165) is 0 Å². The molecule has 12 heteroatoms. The van der Waals surface area contributed by atoms with Crippen molar-refractivity contribution in [2.45, 2.75) is 6.92 Å². The number of hydrogen-bond donors (Lipinski definition) is 2. The van der Waals surface area contributed by atoms with E-state index in [-0.39, 0.29) is 10.8 Å². The summed E-state index contributed by atoms with van der Waals surface area (Å²) in [6, 6.07) is 4.13. The number of nitrogens with two attached hydrogens (primary N) is 1. The van der Waals surface area contributed by atoms with Crippen molar-refractivity contribution >= 4 is 29.0 Å². The van der Waals surface area contributed by atoms with Gasteiger partial charge in [0.25, 0.3) is 5.91 Å². The second-order valence-electron chi connectivity index (χ2n) is 5.89. The summed E-state index contributed by atoms with van der Waals surface area (Å²) in [6.45, 7) is 1.68. The summed E-state index contributed by atoms with van der Waals surface area (Å²) in [4.78, 5) is 22.0. The lowest BCUT2D eigenvalue weighted by Crippen LogP contribution is -2.14. The topological polar surface area (TPSA) is 129 Å². The van der Waals surface area contributed by atoms with Gasteiger partial charge >= 0.3 is 0 Å². The molecule has 146 valence electrons. The molecule has 0 saturated carbocycles. The van der Waals surface area contributed by atoms with E-state index in [1.165, 1.54) is 52.5 Å². The standard InChI is InChI=1S/C17H13ClFN9O/c1-9-11(8-24-27(9)14-3-2-13(19)15(20)26-14)17(29)25-10-6-12(18)16(21-7-10)28-22-4-5-23-28/h2-8H,1H3,(H2,20,26)(H,25,29). The number of nitrogens with zero attached hydrogens (tertiary/aromatic N) is 7. The number of rotatable bonds is 4. The predicted octanol–water partition coefficient (Wildman–Crippen LogP) is 2.18. The molecule has 0 unspecified atom stereocenters. The number of nitrogen functional groups attached to an aromatic ring is 1. The molecule has 3 N–H and O–H groups in total. The largest absolute Gasteiger partial charge is 0.381 e. The minimum Gasteiger partial charge on any atom is -0.381 e. The minimum absolute atomic E-state index is 0.254. The smallest absolute Gasteiger partial charge is 0.259 e. The minimum atomic E-state index is -0.630. The molecular weight excluding hydrogens is 401 g/mol. The Kier molecular flexibility index (Phi) is 4.64. The quantitative estimate of drug-likeness (QED) is 0.524. The summed E-state index contributed by atoms with van der Waals surface area (Å²) < 4.78 is 14.7. The van der Waals surface area contributed by atoms with Crippen LogP contribution in [-0.4, -0.2) is 40.6 Å². The second-order valence-corrected chi connectivity index (χ2v) is 6.30. The van der Waals surface area contributed by atoms with E-state index in [2.05, 4.69) is 30.6 Å². The zero-order chi connectivity index (χ0) is 20.5. The van der Waals surface area contributed by atoms with Crippen molar-refractivity contribution in [3.05, 3.63) is 65.1 Å². The zero-order valence-electron chi connectivity index (χ0n) is 14.9. The molecule has 0 atom stereocenters. The van der Waals surface area contributed by atoms with Crippen LogP contribution in [0.25, 0.3) is 11.6 Å². The van der Waals surface area contributed by atoms with Crippen LogP contribution in [0.4, 0.5) is 15.9 Å². The highest BCUT2D eigenvalue weighted by Crippen LogP contribution is 2.22. The summed E-state index contributed by atoms with van der Waals surface area (Å²) in [5.41, 5.74) is 6.68. The zero-order valence-corrected chi connectivity index (χ0v) is 15.7. The maximum atomic E-state index is 13.3. The molecule has 0 spiro atoms. The van der Waals surface area contributed by atoms with Gasteiger partial charge in [-0.2, -0.15) is 15.3 Å². The lowest BCUT2D eigenvalue weighted by Gasteiger charge is -2.08. The Balaban J connectivity index is 1.57. The SMILES string of the molecule is Cc1c(C(=O)Nc2cnc(-n3nccn3)c(Cl)c2)cnn1-c1ccc(F)c(N)n1. The first-order valence-electron chi connectivity index (χ1n) is 8.24. The van der Waals surface area contributed by atoms with Gasteiger partial charge in [-0.1, -0.05) is 11.6 Å². The van der Waals surface area contributed by atoms with Gasteiger partial charge in [-0.15, -0.1) is 4.80 Å². The Morgan fingerprint density at radius 1 is 1.21 bits per heavy atom. The molecule has 0 aliphatic carbocycles. The number of pyridine rings is 2. The van der Waals surface area contributed by atoms with Crippen molar-refractivity contribution in [2.75, 3.05) is 11.1 Å². The molecule has 4 aromatic rings. The van der Waals surface area contributed by atoms with Crippen LogP contribution in [0.15, 0.2) is 43.0 Å². The number of anilines is 2. The lowest BCUT2D eigenvalue weighted by atomic mass is 10.2. The molecule has 0 aliphatic heterocycles. The van der Waals surface area contributed by atoms with Crippen LogP contribution in [-0.2, 0) is 0 Å². The highest BCUT2D eigenvalue weighted by molar-refractivity contribution is 6.32. The van der Waals surface area contributed by atoms with E-state index >= 15 is 0 Å². The van der Waals surface area contributed by atoms with Gasteiger partial charge in [-0.3, -0.25) is 4.79 Å². The normalized spacial score (nSPS) is 10.9. The molecule has 0 aliphatic rings. The molecule has 0 saturated heterocycles. The third-order valence-electron chi connectivity index (χ3n) is 4.02. The molecule has 0 radical (unpaired) electrons. The maximum Gasteiger partial charge on any atom is 0.259 e. The second kappa shape index (κ2) is 7.28. The molecule has 29 heavy (non-hydrogen) atoms. The molecule has 4 heterocycles. The van der Waals surface area contributed by atoms with E-state index < -0.39 is 11.7 Å². The molecule has 0 bridgehead atoms. The third-order valence-corrected chi connectivity index (χ3v) is 4.30. The summed E-state index contributed by atoms with van der Waals surface area (Å²) in [6.07, 6.45) is 5.81. The van der Waals surface area contributed by atoms with Crippen LogP contribution < -0.4 is 11.1 Å². The van der Waals surface area contributed by atoms with Crippen LogP contribution in [0.3, 0.4) is 0 Å². The summed E-state index contributed by atoms with van der Waals surface area (Å²) >= 11 is 6.21. The molecule has 0 aromatic carbocycles. The van der Waals surface area contributed by atoms with Crippen molar-refractivity contribution < 1.29 is 9.18 Å². The number of amides is 1. The van der Waals surface area contributed by atoms with Gasteiger partial charge < -0.3 is 11.1 Å². The van der Waals surface area contributed by atoms with E-state index in [1.807, 2.05) is 0 Å². The first-order chi connectivity index (χ1) is 13.9. The average molecular weight is 414 g/mol. The Bertz CT molecular complexity index is 1210. The monoisotopic (exact) mass is 413 g/mol. The van der Waals surface area contributed by atoms with Gasteiger partial charge in [0, 0.05) is 0 Å². The van der Waals surface area contributed by atoms with Crippen molar-refractivity contribution in [1.29, 1.82) is 0 Å². The Hall–Kier alpha value is -3.86. The fourth-order valence-corrected chi connectivity index (χ4v) is 2.84. The van der Waals surface area contributed by atoms with Crippen LogP contribution >= 0.6 is 11.6 Å². The van der Waals surface area contributed by atoms with Crippen LogP contribution in [0.1, 0.15) is 16.1 Å². The Labute approximate surface area is 168 Å². The van der Waals surface area contributed by atoms with Gasteiger partial charge in [0.15, 0.2) is 23.3 Å². The molecule has 1 amide bonds. The molecule has 4 rings (SSSR count). The molecule has 4 aromatic heterocycles. The predicted molar refractivity (Wildman–Crippen MR) is 103 cm³/mol. The third kappa shape index (κ3) is 3.50. The highest BCUT2D eigenvalue weighted by atomic mass is 35.5. The van der Waals surface area contributed by atoms with Crippen LogP contribution in [0.2, 0.25) is 5.02 Å². The Morgan fingerprint density at radius 3 is 2.66 bits per heavy atom. The van der Waals surface area contributed by atoms with Crippen LogP contribution in [0, 0.1) is 12.7 Å². The maximum absolute atomic E-state index is 13.3. The number of carbonyl (C=O) groups is 1. The van der Waals surface area contributed by atoms with Gasteiger partial charge in [0.2, 0.25) is 0 Å². The number of nitrogens with one attached hydrogen (secondary N) is 1. The van der Waals surface area contributed by atoms with Gasteiger partial charge in [-0.05, 0) is 25.1 Å². The van der Waals surface area contributed by atoms with Gasteiger partial charge in [0.1, 0.15) is 0 Å². The molecular formula is C17H13ClFN9O. The number of aromatic nitrogens is 7. The summed E-state index contributed by atoms with van der Waals surface area (Å²) in [5, 5.41) is 15.0. The van der Waals surface area contributed by atoms with Crippen molar-refractivity contribution in [3.63, 3.8) is 0 Å². The molecule has 0 fully saturated rings. The number of hydrogen-bond acceptors (Lipinski definition) is 7. The number of halogens is 2.